The van der Waals surface area contributed by atoms with Crippen molar-refractivity contribution in [3.63, 3.8) is 0 Å². The van der Waals surface area contributed by atoms with Crippen LogP contribution < -0.4 is 15.5 Å². The van der Waals surface area contributed by atoms with Crippen molar-refractivity contribution in [2.45, 2.75) is 19.8 Å². The van der Waals surface area contributed by atoms with Gasteiger partial charge in [0.2, 0.25) is 5.91 Å². The molecule has 1 aliphatic heterocycles. The molecule has 0 radical (unpaired) electrons. The molecule has 1 saturated heterocycles. The molecular weight excluding hydrogens is 500 g/mol. The van der Waals surface area contributed by atoms with Crippen LogP contribution in [0.15, 0.2) is 46.9 Å². The average Bonchev–Trinajstić information content (AvgIpc) is 2.74. The van der Waals surface area contributed by atoms with Gasteiger partial charge < -0.3 is 15.1 Å². The highest BCUT2D eigenvalue weighted by Crippen LogP contribution is 2.30. The van der Waals surface area contributed by atoms with E-state index in [2.05, 4.69) is 31.5 Å². The van der Waals surface area contributed by atoms with Gasteiger partial charge in [0.05, 0.1) is 16.9 Å². The third-order valence-corrected chi connectivity index (χ3v) is 6.12. The summed E-state index contributed by atoms with van der Waals surface area (Å²) in [6.07, 6.45) is 1.44. The van der Waals surface area contributed by atoms with Crippen LogP contribution in [-0.2, 0) is 4.79 Å². The Morgan fingerprint density at radius 1 is 1.13 bits per heavy atom. The van der Waals surface area contributed by atoms with Crippen LogP contribution in [0.5, 0.6) is 0 Å². The standard InChI is InChI=1S/C22H24BrClN4O2S/c1-2-5-20(29)28-12-10-27(11-13-28)19-9-8-15(24)14-18(19)25-22(31)26-21(30)16-6-3-4-7-17(16)23/h3-4,6-9,14H,2,5,10-13H2,1H3,(H2,25,26,30,31). The summed E-state index contributed by atoms with van der Waals surface area (Å²) in [6.45, 7) is 4.77. The molecule has 1 fully saturated rings. The van der Waals surface area contributed by atoms with Gasteiger partial charge in [0.15, 0.2) is 5.11 Å². The topological polar surface area (TPSA) is 64.7 Å². The summed E-state index contributed by atoms with van der Waals surface area (Å²) in [5.41, 5.74) is 2.12. The first-order valence-electron chi connectivity index (χ1n) is 10.1. The second-order valence-electron chi connectivity index (χ2n) is 7.17. The normalized spacial score (nSPS) is 13.6. The van der Waals surface area contributed by atoms with Crippen LogP contribution in [0, 0.1) is 0 Å². The fourth-order valence-corrected chi connectivity index (χ4v) is 4.26. The molecule has 0 unspecified atom stereocenters. The number of halogens is 2. The average molecular weight is 524 g/mol. The van der Waals surface area contributed by atoms with E-state index in [-0.39, 0.29) is 16.9 Å². The molecule has 6 nitrogen and oxygen atoms in total. The SMILES string of the molecule is CCCC(=O)N1CCN(c2ccc(Cl)cc2NC(=S)NC(=O)c2ccccc2Br)CC1. The molecule has 0 atom stereocenters. The predicted molar refractivity (Wildman–Crippen MR) is 133 cm³/mol. The van der Waals surface area contributed by atoms with Gasteiger partial charge in [-0.2, -0.15) is 0 Å². The minimum atomic E-state index is -0.309. The largest absolute Gasteiger partial charge is 0.366 e. The quantitative estimate of drug-likeness (QED) is 0.557. The molecule has 0 bridgehead atoms. The van der Waals surface area contributed by atoms with E-state index in [1.165, 1.54) is 0 Å². The van der Waals surface area contributed by atoms with Gasteiger partial charge in [-0.25, -0.2) is 0 Å². The zero-order chi connectivity index (χ0) is 22.4. The molecule has 0 spiro atoms. The van der Waals surface area contributed by atoms with E-state index in [1.807, 2.05) is 30.0 Å². The summed E-state index contributed by atoms with van der Waals surface area (Å²) >= 11 is 15.0. The van der Waals surface area contributed by atoms with Crippen LogP contribution in [-0.4, -0.2) is 48.0 Å². The van der Waals surface area contributed by atoms with Gasteiger partial charge in [0, 0.05) is 42.1 Å². The maximum absolute atomic E-state index is 12.5. The molecule has 2 aromatic carbocycles. The smallest absolute Gasteiger partial charge is 0.258 e. The summed E-state index contributed by atoms with van der Waals surface area (Å²) < 4.78 is 0.689. The monoisotopic (exact) mass is 522 g/mol. The Kier molecular flexibility index (Phi) is 8.28. The molecule has 31 heavy (non-hydrogen) atoms. The van der Waals surface area contributed by atoms with Crippen LogP contribution in [0.4, 0.5) is 11.4 Å². The van der Waals surface area contributed by atoms with Gasteiger partial charge in [-0.15, -0.1) is 0 Å². The third-order valence-electron chi connectivity index (χ3n) is 4.99. The van der Waals surface area contributed by atoms with Crippen molar-refractivity contribution >= 4 is 68.1 Å². The molecule has 1 heterocycles. The molecule has 0 aromatic heterocycles. The fourth-order valence-electron chi connectivity index (χ4n) is 3.42. The molecule has 3 rings (SSSR count). The summed E-state index contributed by atoms with van der Waals surface area (Å²) in [5, 5.41) is 6.55. The van der Waals surface area contributed by atoms with Crippen LogP contribution in [0.3, 0.4) is 0 Å². The van der Waals surface area contributed by atoms with E-state index in [1.54, 1.807) is 24.3 Å². The number of thiocarbonyl (C=S) groups is 1. The molecule has 2 amide bonds. The van der Waals surface area contributed by atoms with Crippen molar-refractivity contribution in [3.8, 4) is 0 Å². The zero-order valence-corrected chi connectivity index (χ0v) is 20.3. The van der Waals surface area contributed by atoms with Crippen molar-refractivity contribution < 1.29 is 9.59 Å². The number of piperazine rings is 1. The maximum atomic E-state index is 12.5. The van der Waals surface area contributed by atoms with Crippen LogP contribution in [0.25, 0.3) is 0 Å². The number of hydrogen-bond acceptors (Lipinski definition) is 4. The number of rotatable bonds is 5. The van der Waals surface area contributed by atoms with Gasteiger partial charge >= 0.3 is 0 Å². The van der Waals surface area contributed by atoms with Crippen molar-refractivity contribution in [1.29, 1.82) is 0 Å². The first-order chi connectivity index (χ1) is 14.9. The van der Waals surface area contributed by atoms with Crippen molar-refractivity contribution in [2.75, 3.05) is 36.4 Å². The lowest BCUT2D eigenvalue weighted by Gasteiger charge is -2.37. The second-order valence-corrected chi connectivity index (χ2v) is 8.87. The van der Waals surface area contributed by atoms with Crippen LogP contribution in [0.2, 0.25) is 5.02 Å². The Morgan fingerprint density at radius 2 is 1.84 bits per heavy atom. The van der Waals surface area contributed by atoms with Gasteiger partial charge in [0.1, 0.15) is 0 Å². The molecule has 9 heteroatoms. The number of carbonyl (C=O) groups is 2. The minimum absolute atomic E-state index is 0.182. The second kappa shape index (κ2) is 10.9. The van der Waals surface area contributed by atoms with Crippen molar-refractivity contribution in [3.05, 3.63) is 57.5 Å². The third kappa shape index (κ3) is 6.18. The lowest BCUT2D eigenvalue weighted by molar-refractivity contribution is -0.131. The predicted octanol–water partition coefficient (Wildman–Crippen LogP) is 4.68. The summed E-state index contributed by atoms with van der Waals surface area (Å²) in [4.78, 5) is 28.8. The number of nitrogens with one attached hydrogen (secondary N) is 2. The van der Waals surface area contributed by atoms with E-state index in [4.69, 9.17) is 23.8 Å². The molecule has 0 aliphatic carbocycles. The van der Waals surface area contributed by atoms with E-state index >= 15 is 0 Å². The van der Waals surface area contributed by atoms with Crippen LogP contribution >= 0.6 is 39.7 Å². The highest BCUT2D eigenvalue weighted by Gasteiger charge is 2.22. The number of hydrogen-bond donors (Lipinski definition) is 2. The Hall–Kier alpha value is -2.16. The summed E-state index contributed by atoms with van der Waals surface area (Å²) in [7, 11) is 0. The first-order valence-corrected chi connectivity index (χ1v) is 11.7. The van der Waals surface area contributed by atoms with Gasteiger partial charge in [-0.05, 0) is 64.9 Å². The van der Waals surface area contributed by atoms with E-state index in [0.29, 0.717) is 53.3 Å². The lowest BCUT2D eigenvalue weighted by atomic mass is 10.2. The van der Waals surface area contributed by atoms with Gasteiger partial charge in [-0.3, -0.25) is 14.9 Å². The molecule has 0 saturated carbocycles. The van der Waals surface area contributed by atoms with Crippen LogP contribution in [0.1, 0.15) is 30.1 Å². The molecular formula is C22H24BrClN4O2S. The minimum Gasteiger partial charge on any atom is -0.366 e. The van der Waals surface area contributed by atoms with Crippen molar-refractivity contribution in [2.24, 2.45) is 0 Å². The number of nitrogens with zero attached hydrogens (tertiary/aromatic N) is 2. The van der Waals surface area contributed by atoms with Gasteiger partial charge in [-0.1, -0.05) is 30.7 Å². The molecule has 164 valence electrons. The maximum Gasteiger partial charge on any atom is 0.258 e. The highest BCUT2D eigenvalue weighted by molar-refractivity contribution is 9.10. The number of carbonyl (C=O) groups excluding carboxylic acids is 2. The Labute approximate surface area is 201 Å². The zero-order valence-electron chi connectivity index (χ0n) is 17.2. The van der Waals surface area contributed by atoms with E-state index in [9.17, 15) is 9.59 Å². The Balaban J connectivity index is 1.68. The highest BCUT2D eigenvalue weighted by atomic mass is 79.9. The molecule has 1 aliphatic rings. The first kappa shape index (κ1) is 23.5. The number of benzene rings is 2. The Bertz CT molecular complexity index is 980. The van der Waals surface area contributed by atoms with Gasteiger partial charge in [0.25, 0.3) is 5.91 Å². The molecule has 2 aromatic rings. The lowest BCUT2D eigenvalue weighted by Crippen LogP contribution is -2.49. The Morgan fingerprint density at radius 3 is 2.52 bits per heavy atom. The number of anilines is 2. The van der Waals surface area contributed by atoms with E-state index < -0.39 is 0 Å². The van der Waals surface area contributed by atoms with Crippen molar-refractivity contribution in [1.82, 2.24) is 10.2 Å². The van der Waals surface area contributed by atoms with E-state index in [0.717, 1.165) is 12.1 Å². The summed E-state index contributed by atoms with van der Waals surface area (Å²) in [5.74, 6) is -0.107. The summed E-state index contributed by atoms with van der Waals surface area (Å²) in [6, 6.07) is 12.7. The number of amides is 2. The molecule has 2 N–H and O–H groups in total. The fraction of sp³-hybridized carbons (Fsp3) is 0.318.